The zero-order valence-electron chi connectivity index (χ0n) is 6.92. The van der Waals surface area contributed by atoms with Crippen molar-refractivity contribution in [3.8, 4) is 0 Å². The Morgan fingerprint density at radius 3 is 2.64 bits per heavy atom. The van der Waals surface area contributed by atoms with Gasteiger partial charge in [0.2, 0.25) is 0 Å². The molecule has 0 heterocycles. The standard InChI is InChI=1S/C8H18N2O/c9-5-8(11)6-10-7-3-1-2-4-7/h7-8,10-11H,1-6,9H2. The van der Waals surface area contributed by atoms with Crippen LogP contribution in [-0.2, 0) is 0 Å². The molecule has 3 heteroatoms. The minimum absolute atomic E-state index is 0.361. The van der Waals surface area contributed by atoms with Gasteiger partial charge in [-0.15, -0.1) is 0 Å². The fourth-order valence-electron chi connectivity index (χ4n) is 1.52. The van der Waals surface area contributed by atoms with Gasteiger partial charge in [0.1, 0.15) is 0 Å². The molecular formula is C8H18N2O. The lowest BCUT2D eigenvalue weighted by Gasteiger charge is -2.14. The predicted molar refractivity (Wildman–Crippen MR) is 45.3 cm³/mol. The van der Waals surface area contributed by atoms with Crippen molar-refractivity contribution in [2.24, 2.45) is 5.73 Å². The summed E-state index contributed by atoms with van der Waals surface area (Å²) in [5.41, 5.74) is 5.27. The summed E-state index contributed by atoms with van der Waals surface area (Å²) in [4.78, 5) is 0. The first-order valence-electron chi connectivity index (χ1n) is 4.44. The Kier molecular flexibility index (Phi) is 3.83. The molecule has 1 saturated carbocycles. The lowest BCUT2D eigenvalue weighted by atomic mass is 10.2. The van der Waals surface area contributed by atoms with E-state index >= 15 is 0 Å². The molecular weight excluding hydrogens is 140 g/mol. The Bertz CT molecular complexity index is 102. The maximum absolute atomic E-state index is 9.13. The molecule has 0 spiro atoms. The Labute approximate surface area is 68.0 Å². The zero-order valence-corrected chi connectivity index (χ0v) is 6.92. The highest BCUT2D eigenvalue weighted by Crippen LogP contribution is 2.17. The van der Waals surface area contributed by atoms with E-state index in [1.165, 1.54) is 25.7 Å². The molecule has 3 nitrogen and oxygen atoms in total. The van der Waals surface area contributed by atoms with Gasteiger partial charge in [-0.05, 0) is 12.8 Å². The molecule has 0 aromatic heterocycles. The predicted octanol–water partition coefficient (Wildman–Crippen LogP) is -0.162. The number of aliphatic hydroxyl groups excluding tert-OH is 1. The lowest BCUT2D eigenvalue weighted by Crippen LogP contribution is -2.37. The highest BCUT2D eigenvalue weighted by Gasteiger charge is 2.14. The first kappa shape index (κ1) is 8.97. The van der Waals surface area contributed by atoms with Crippen LogP contribution in [0.4, 0.5) is 0 Å². The summed E-state index contributed by atoms with van der Waals surface area (Å²) in [5.74, 6) is 0. The van der Waals surface area contributed by atoms with E-state index < -0.39 is 0 Å². The van der Waals surface area contributed by atoms with Crippen LogP contribution in [0.1, 0.15) is 25.7 Å². The van der Waals surface area contributed by atoms with Crippen molar-refractivity contribution in [3.63, 3.8) is 0 Å². The average molecular weight is 158 g/mol. The van der Waals surface area contributed by atoms with E-state index in [9.17, 15) is 0 Å². The van der Waals surface area contributed by atoms with Gasteiger partial charge in [0.25, 0.3) is 0 Å². The van der Waals surface area contributed by atoms with Gasteiger partial charge in [0.15, 0.2) is 0 Å². The monoisotopic (exact) mass is 158 g/mol. The topological polar surface area (TPSA) is 58.3 Å². The van der Waals surface area contributed by atoms with Gasteiger partial charge < -0.3 is 16.2 Å². The van der Waals surface area contributed by atoms with Gasteiger partial charge in [0, 0.05) is 19.1 Å². The molecule has 1 atom stereocenters. The SMILES string of the molecule is NCC(O)CNC1CCCC1. The summed E-state index contributed by atoms with van der Waals surface area (Å²) >= 11 is 0. The maximum atomic E-state index is 9.13. The molecule has 1 aliphatic rings. The summed E-state index contributed by atoms with van der Waals surface area (Å²) < 4.78 is 0. The normalized spacial score (nSPS) is 22.4. The van der Waals surface area contributed by atoms with Crippen molar-refractivity contribution < 1.29 is 5.11 Å². The number of aliphatic hydroxyl groups is 1. The van der Waals surface area contributed by atoms with Crippen molar-refractivity contribution in [1.82, 2.24) is 5.32 Å². The summed E-state index contributed by atoms with van der Waals surface area (Å²) in [6, 6.07) is 0.635. The first-order chi connectivity index (χ1) is 5.33. The molecule has 0 aliphatic heterocycles. The highest BCUT2D eigenvalue weighted by atomic mass is 16.3. The van der Waals surface area contributed by atoms with Crippen molar-refractivity contribution in [3.05, 3.63) is 0 Å². The second-order valence-electron chi connectivity index (χ2n) is 3.28. The molecule has 0 bridgehead atoms. The minimum Gasteiger partial charge on any atom is -0.390 e. The zero-order chi connectivity index (χ0) is 8.10. The molecule has 4 N–H and O–H groups in total. The van der Waals surface area contributed by atoms with Gasteiger partial charge in [-0.25, -0.2) is 0 Å². The van der Waals surface area contributed by atoms with E-state index in [0.717, 1.165) is 0 Å². The average Bonchev–Trinajstić information content (AvgIpc) is 2.52. The van der Waals surface area contributed by atoms with Gasteiger partial charge >= 0.3 is 0 Å². The van der Waals surface area contributed by atoms with Crippen LogP contribution in [0.3, 0.4) is 0 Å². The van der Waals surface area contributed by atoms with Crippen molar-refractivity contribution >= 4 is 0 Å². The van der Waals surface area contributed by atoms with E-state index in [0.29, 0.717) is 19.1 Å². The molecule has 0 aromatic rings. The van der Waals surface area contributed by atoms with Crippen LogP contribution in [0.25, 0.3) is 0 Å². The van der Waals surface area contributed by atoms with Crippen LogP contribution in [0.15, 0.2) is 0 Å². The fraction of sp³-hybridized carbons (Fsp3) is 1.00. The number of hydrogen-bond acceptors (Lipinski definition) is 3. The van der Waals surface area contributed by atoms with Crippen LogP contribution in [0, 0.1) is 0 Å². The number of nitrogens with one attached hydrogen (secondary N) is 1. The van der Waals surface area contributed by atoms with Gasteiger partial charge in [-0.3, -0.25) is 0 Å². The summed E-state index contributed by atoms with van der Waals surface area (Å²) in [6.07, 6.45) is 4.82. The van der Waals surface area contributed by atoms with E-state index in [1.807, 2.05) is 0 Å². The lowest BCUT2D eigenvalue weighted by molar-refractivity contribution is 0.175. The molecule has 0 amide bonds. The van der Waals surface area contributed by atoms with Crippen molar-refractivity contribution in [2.75, 3.05) is 13.1 Å². The molecule has 1 unspecified atom stereocenters. The third-order valence-corrected chi connectivity index (χ3v) is 2.27. The smallest absolute Gasteiger partial charge is 0.0786 e. The maximum Gasteiger partial charge on any atom is 0.0786 e. The highest BCUT2D eigenvalue weighted by molar-refractivity contribution is 4.74. The molecule has 0 radical (unpaired) electrons. The van der Waals surface area contributed by atoms with Crippen LogP contribution >= 0.6 is 0 Å². The molecule has 1 aliphatic carbocycles. The van der Waals surface area contributed by atoms with E-state index in [2.05, 4.69) is 5.32 Å². The molecule has 0 saturated heterocycles. The van der Waals surface area contributed by atoms with Crippen molar-refractivity contribution in [2.45, 2.75) is 37.8 Å². The van der Waals surface area contributed by atoms with Crippen molar-refractivity contribution in [1.29, 1.82) is 0 Å². The Hall–Kier alpha value is -0.120. The number of hydrogen-bond donors (Lipinski definition) is 3. The summed E-state index contributed by atoms with van der Waals surface area (Å²) in [6.45, 7) is 1.01. The third-order valence-electron chi connectivity index (χ3n) is 2.27. The molecule has 0 aromatic carbocycles. The van der Waals surface area contributed by atoms with Crippen LogP contribution < -0.4 is 11.1 Å². The first-order valence-corrected chi connectivity index (χ1v) is 4.44. The minimum atomic E-state index is -0.365. The van der Waals surface area contributed by atoms with Crippen LogP contribution in [0.2, 0.25) is 0 Å². The van der Waals surface area contributed by atoms with Gasteiger partial charge in [0.05, 0.1) is 6.10 Å². The van der Waals surface area contributed by atoms with Crippen LogP contribution in [-0.4, -0.2) is 30.3 Å². The summed E-state index contributed by atoms with van der Waals surface area (Å²) in [7, 11) is 0. The number of rotatable bonds is 4. The molecule has 1 fully saturated rings. The Morgan fingerprint density at radius 1 is 1.45 bits per heavy atom. The Morgan fingerprint density at radius 2 is 2.09 bits per heavy atom. The van der Waals surface area contributed by atoms with E-state index in [-0.39, 0.29) is 6.10 Å². The second-order valence-corrected chi connectivity index (χ2v) is 3.28. The molecule has 11 heavy (non-hydrogen) atoms. The number of nitrogens with two attached hydrogens (primary N) is 1. The molecule has 1 rings (SSSR count). The summed E-state index contributed by atoms with van der Waals surface area (Å²) in [5, 5.41) is 12.4. The van der Waals surface area contributed by atoms with Crippen LogP contribution in [0.5, 0.6) is 0 Å². The molecule has 66 valence electrons. The largest absolute Gasteiger partial charge is 0.390 e. The second kappa shape index (κ2) is 4.70. The quantitative estimate of drug-likeness (QED) is 0.533. The third kappa shape index (κ3) is 3.18. The Balaban J connectivity index is 2.01. The van der Waals surface area contributed by atoms with E-state index in [1.54, 1.807) is 0 Å². The van der Waals surface area contributed by atoms with Gasteiger partial charge in [-0.1, -0.05) is 12.8 Å². The fourth-order valence-corrected chi connectivity index (χ4v) is 1.52. The van der Waals surface area contributed by atoms with E-state index in [4.69, 9.17) is 10.8 Å². The van der Waals surface area contributed by atoms with Gasteiger partial charge in [-0.2, -0.15) is 0 Å².